The predicted octanol–water partition coefficient (Wildman–Crippen LogP) is -0.384. The summed E-state index contributed by atoms with van der Waals surface area (Å²) in [6.45, 7) is 2.42. The number of fused-ring (bicyclic) bond motifs is 1. The molecular formula is C18H22FN7O4. The van der Waals surface area contributed by atoms with E-state index in [0.29, 0.717) is 32.1 Å². The van der Waals surface area contributed by atoms with Gasteiger partial charge in [0.25, 0.3) is 5.56 Å². The van der Waals surface area contributed by atoms with Gasteiger partial charge >= 0.3 is 5.69 Å². The van der Waals surface area contributed by atoms with Crippen molar-refractivity contribution in [2.45, 2.75) is 6.54 Å². The zero-order chi connectivity index (χ0) is 21.6. The fraction of sp³-hybridized carbons (Fsp3) is 0.389. The van der Waals surface area contributed by atoms with Crippen LogP contribution in [-0.4, -0.2) is 55.3 Å². The van der Waals surface area contributed by atoms with Crippen molar-refractivity contribution in [3.63, 3.8) is 0 Å². The van der Waals surface area contributed by atoms with Crippen LogP contribution in [0, 0.1) is 5.82 Å². The third kappa shape index (κ3) is 3.14. The first-order valence-electron chi connectivity index (χ1n) is 9.38. The van der Waals surface area contributed by atoms with Crippen molar-refractivity contribution >= 4 is 22.8 Å². The number of benzene rings is 1. The Balaban J connectivity index is 2.01. The molecule has 4 rings (SSSR count). The predicted molar refractivity (Wildman–Crippen MR) is 107 cm³/mol. The summed E-state index contributed by atoms with van der Waals surface area (Å²) in [4.78, 5) is 31.8. The first-order valence-corrected chi connectivity index (χ1v) is 9.38. The molecule has 11 nitrogen and oxygen atoms in total. The molecule has 0 spiro atoms. The molecule has 0 radical (unpaired) electrons. The van der Waals surface area contributed by atoms with Crippen molar-refractivity contribution in [2.24, 2.45) is 14.1 Å². The molecular weight excluding hydrogens is 397 g/mol. The molecule has 2 aromatic heterocycles. The highest BCUT2D eigenvalue weighted by Gasteiger charge is 2.25. The summed E-state index contributed by atoms with van der Waals surface area (Å²) in [7, 11) is 2.88. The third-order valence-electron chi connectivity index (χ3n) is 5.35. The van der Waals surface area contributed by atoms with Crippen LogP contribution in [0.1, 0.15) is 5.56 Å². The Kier molecular flexibility index (Phi) is 5.05. The van der Waals surface area contributed by atoms with Gasteiger partial charge in [0.15, 0.2) is 11.2 Å². The van der Waals surface area contributed by atoms with E-state index in [1.807, 2.05) is 4.90 Å². The van der Waals surface area contributed by atoms with Gasteiger partial charge < -0.3 is 10.2 Å². The minimum Gasteiger partial charge on any atom is -0.340 e. The van der Waals surface area contributed by atoms with E-state index in [1.54, 1.807) is 0 Å². The van der Waals surface area contributed by atoms with Gasteiger partial charge in [-0.05, 0) is 12.1 Å². The highest BCUT2D eigenvalue weighted by atomic mass is 19.1. The lowest BCUT2D eigenvalue weighted by molar-refractivity contribution is 0.0284. The highest BCUT2D eigenvalue weighted by Crippen LogP contribution is 2.27. The van der Waals surface area contributed by atoms with E-state index in [1.165, 1.54) is 41.4 Å². The zero-order valence-corrected chi connectivity index (χ0v) is 16.5. The number of hydrogen-bond donors (Lipinski definition) is 3. The fourth-order valence-electron chi connectivity index (χ4n) is 3.74. The van der Waals surface area contributed by atoms with E-state index in [9.17, 15) is 24.4 Å². The molecule has 1 aliphatic heterocycles. The van der Waals surface area contributed by atoms with Crippen molar-refractivity contribution in [3.8, 4) is 0 Å². The standard InChI is InChI=1S/C18H22FN7O4/c1-22-15-14(16(27)23(2)18(22)28)25(17(21-15)24-8-6-20-7-9-24)10-11-12(19)4-3-5-13(11)26(29)30/h3-5,20,29-30H,6-10H2,1-2H3. The lowest BCUT2D eigenvalue weighted by Crippen LogP contribution is -2.44. The first-order chi connectivity index (χ1) is 14.3. The molecule has 1 saturated heterocycles. The molecule has 30 heavy (non-hydrogen) atoms. The molecule has 0 amide bonds. The van der Waals surface area contributed by atoms with Crippen molar-refractivity contribution in [1.82, 2.24) is 24.0 Å². The van der Waals surface area contributed by atoms with Crippen LogP contribution in [0.15, 0.2) is 27.8 Å². The van der Waals surface area contributed by atoms with Crippen molar-refractivity contribution in [1.29, 1.82) is 0 Å². The van der Waals surface area contributed by atoms with Gasteiger partial charge in [0.2, 0.25) is 5.95 Å². The number of rotatable bonds is 4. The van der Waals surface area contributed by atoms with E-state index in [4.69, 9.17) is 0 Å². The number of halogens is 1. The number of imidazole rings is 1. The van der Waals surface area contributed by atoms with Gasteiger partial charge in [-0.2, -0.15) is 4.98 Å². The molecule has 1 aliphatic rings. The lowest BCUT2D eigenvalue weighted by Gasteiger charge is -2.29. The number of anilines is 2. The second-order valence-electron chi connectivity index (χ2n) is 7.14. The number of hydrogen-bond acceptors (Lipinski definition) is 8. The van der Waals surface area contributed by atoms with E-state index < -0.39 is 17.1 Å². The normalized spacial score (nSPS) is 14.5. The Morgan fingerprint density at radius 2 is 1.87 bits per heavy atom. The van der Waals surface area contributed by atoms with Gasteiger partial charge in [0.05, 0.1) is 6.54 Å². The monoisotopic (exact) mass is 419 g/mol. The number of nitrogens with zero attached hydrogens (tertiary/aromatic N) is 6. The molecule has 3 heterocycles. The average Bonchev–Trinajstić information content (AvgIpc) is 3.12. The number of piperazine rings is 1. The van der Waals surface area contributed by atoms with Gasteiger partial charge in [0.1, 0.15) is 11.5 Å². The molecule has 0 aliphatic carbocycles. The molecule has 160 valence electrons. The van der Waals surface area contributed by atoms with Crippen LogP contribution in [0.25, 0.3) is 11.2 Å². The molecule has 1 aromatic carbocycles. The molecule has 3 N–H and O–H groups in total. The van der Waals surface area contributed by atoms with Gasteiger partial charge in [-0.25, -0.2) is 9.18 Å². The third-order valence-corrected chi connectivity index (χ3v) is 5.35. The molecule has 1 fully saturated rings. The van der Waals surface area contributed by atoms with E-state index in [0.717, 1.165) is 4.57 Å². The maximum Gasteiger partial charge on any atom is 0.332 e. The van der Waals surface area contributed by atoms with Crippen LogP contribution in [0.4, 0.5) is 16.0 Å². The van der Waals surface area contributed by atoms with Crippen LogP contribution in [0.5, 0.6) is 0 Å². The maximum atomic E-state index is 14.7. The van der Waals surface area contributed by atoms with Crippen LogP contribution >= 0.6 is 0 Å². The minimum atomic E-state index is -0.671. The van der Waals surface area contributed by atoms with Crippen LogP contribution in [-0.2, 0) is 20.6 Å². The molecule has 0 saturated carbocycles. The Hall–Kier alpha value is -3.22. The Bertz CT molecular complexity index is 1220. The highest BCUT2D eigenvalue weighted by molar-refractivity contribution is 5.75. The average molecular weight is 419 g/mol. The fourth-order valence-corrected chi connectivity index (χ4v) is 3.74. The smallest absolute Gasteiger partial charge is 0.332 e. The van der Waals surface area contributed by atoms with Gasteiger partial charge in [-0.1, -0.05) is 6.07 Å². The van der Waals surface area contributed by atoms with Crippen LogP contribution < -0.4 is 26.7 Å². The molecule has 3 aromatic rings. The quantitative estimate of drug-likeness (QED) is 0.490. The van der Waals surface area contributed by atoms with Crippen LogP contribution in [0.2, 0.25) is 0 Å². The van der Waals surface area contributed by atoms with Gasteiger partial charge in [-0.3, -0.25) is 28.9 Å². The number of aromatic nitrogens is 4. The van der Waals surface area contributed by atoms with E-state index in [-0.39, 0.29) is 34.2 Å². The molecule has 0 unspecified atom stereocenters. The van der Waals surface area contributed by atoms with E-state index >= 15 is 0 Å². The first kappa shape index (κ1) is 20.1. The largest absolute Gasteiger partial charge is 0.340 e. The van der Waals surface area contributed by atoms with Crippen molar-refractivity contribution in [3.05, 3.63) is 50.4 Å². The minimum absolute atomic E-state index is 0.0332. The Morgan fingerprint density at radius 3 is 2.53 bits per heavy atom. The Labute approximate surface area is 169 Å². The Morgan fingerprint density at radius 1 is 1.17 bits per heavy atom. The summed E-state index contributed by atoms with van der Waals surface area (Å²) >= 11 is 0. The maximum absolute atomic E-state index is 14.7. The number of aryl methyl sites for hydroxylation is 1. The summed E-state index contributed by atoms with van der Waals surface area (Å²) in [6, 6.07) is 3.88. The lowest BCUT2D eigenvalue weighted by atomic mass is 10.1. The van der Waals surface area contributed by atoms with Crippen molar-refractivity contribution in [2.75, 3.05) is 36.3 Å². The second kappa shape index (κ2) is 7.55. The summed E-state index contributed by atoms with van der Waals surface area (Å²) in [6.07, 6.45) is 0. The van der Waals surface area contributed by atoms with Crippen LogP contribution in [0.3, 0.4) is 0 Å². The zero-order valence-electron chi connectivity index (χ0n) is 16.5. The summed E-state index contributed by atoms with van der Waals surface area (Å²) in [5.41, 5.74) is -0.972. The second-order valence-corrected chi connectivity index (χ2v) is 7.14. The molecule has 12 heteroatoms. The van der Waals surface area contributed by atoms with Gasteiger partial charge in [-0.15, -0.1) is 5.23 Å². The SMILES string of the molecule is Cn1c(=O)c2c(nc(N3CCNCC3)n2Cc2c(F)cccc2N(O)O)n(C)c1=O. The van der Waals surface area contributed by atoms with E-state index in [2.05, 4.69) is 10.3 Å². The topological polar surface area (TPSA) is 121 Å². The molecule has 0 bridgehead atoms. The van der Waals surface area contributed by atoms with Gasteiger partial charge in [0, 0.05) is 45.8 Å². The summed E-state index contributed by atoms with van der Waals surface area (Å²) < 4.78 is 18.4. The summed E-state index contributed by atoms with van der Waals surface area (Å²) in [5, 5.41) is 22.1. The summed E-state index contributed by atoms with van der Waals surface area (Å²) in [5.74, 6) is -0.267. The number of nitrogens with one attached hydrogen (secondary N) is 1. The molecule has 0 atom stereocenters. The van der Waals surface area contributed by atoms with Crippen molar-refractivity contribution < 1.29 is 14.8 Å².